The van der Waals surface area contributed by atoms with Gasteiger partial charge < -0.3 is 9.64 Å². The van der Waals surface area contributed by atoms with Crippen LogP contribution >= 0.6 is 11.6 Å². The highest BCUT2D eigenvalue weighted by atomic mass is 35.5. The molecular formula is C11H10ClNO. The maximum absolute atomic E-state index is 5.91. The van der Waals surface area contributed by atoms with Gasteiger partial charge in [-0.3, -0.25) is 0 Å². The molecule has 1 heterocycles. The third-order valence-corrected chi connectivity index (χ3v) is 2.40. The molecule has 2 rings (SSSR count). The Bertz CT molecular complexity index is 383. The molecule has 14 heavy (non-hydrogen) atoms. The van der Waals surface area contributed by atoms with Crippen molar-refractivity contribution >= 4 is 17.3 Å². The second kappa shape index (κ2) is 3.81. The van der Waals surface area contributed by atoms with Gasteiger partial charge in [0.25, 0.3) is 0 Å². The Kier molecular flexibility index (Phi) is 2.51. The second-order valence-corrected chi connectivity index (χ2v) is 3.52. The number of halogens is 1. The van der Waals surface area contributed by atoms with E-state index in [9.17, 15) is 0 Å². The lowest BCUT2D eigenvalue weighted by atomic mass is 10.2. The van der Waals surface area contributed by atoms with E-state index in [0.717, 1.165) is 18.0 Å². The second-order valence-electron chi connectivity index (χ2n) is 3.09. The van der Waals surface area contributed by atoms with Gasteiger partial charge in [-0.05, 0) is 18.2 Å². The molecule has 1 aliphatic rings. The van der Waals surface area contributed by atoms with Crippen molar-refractivity contribution in [1.82, 2.24) is 0 Å². The highest BCUT2D eigenvalue weighted by Crippen LogP contribution is 2.33. The summed E-state index contributed by atoms with van der Waals surface area (Å²) in [5, 5.41) is 0.705. The summed E-state index contributed by atoms with van der Waals surface area (Å²) < 4.78 is 5.49. The molecule has 0 unspecified atom stereocenters. The molecule has 0 amide bonds. The fraction of sp³-hybridized carbons (Fsp3) is 0.273. The van der Waals surface area contributed by atoms with Gasteiger partial charge in [-0.15, -0.1) is 6.42 Å². The Balaban J connectivity index is 2.37. The van der Waals surface area contributed by atoms with E-state index >= 15 is 0 Å². The summed E-state index contributed by atoms with van der Waals surface area (Å²) in [6.45, 7) is 2.09. The fourth-order valence-corrected chi connectivity index (χ4v) is 1.69. The molecule has 0 N–H and O–H groups in total. The van der Waals surface area contributed by atoms with Crippen molar-refractivity contribution in [3.05, 3.63) is 23.2 Å². The summed E-state index contributed by atoms with van der Waals surface area (Å²) in [5.74, 6) is 3.48. The lowest BCUT2D eigenvalue weighted by Gasteiger charge is -2.29. The Hall–Kier alpha value is -1.33. The van der Waals surface area contributed by atoms with E-state index in [1.165, 1.54) is 0 Å². The third-order valence-electron chi connectivity index (χ3n) is 2.16. The summed E-state index contributed by atoms with van der Waals surface area (Å²) >= 11 is 5.91. The molecule has 0 fully saturated rings. The summed E-state index contributed by atoms with van der Waals surface area (Å²) in [5.41, 5.74) is 0.988. The van der Waals surface area contributed by atoms with Gasteiger partial charge in [0, 0.05) is 5.02 Å². The van der Waals surface area contributed by atoms with Crippen LogP contribution in [0.15, 0.2) is 18.2 Å². The van der Waals surface area contributed by atoms with Crippen LogP contribution < -0.4 is 9.64 Å². The molecule has 1 aromatic rings. The molecule has 72 valence electrons. The number of fused-ring (bicyclic) bond motifs is 1. The quantitative estimate of drug-likeness (QED) is 0.655. The number of anilines is 1. The van der Waals surface area contributed by atoms with Gasteiger partial charge in [0.15, 0.2) is 0 Å². The number of ether oxygens (including phenoxy) is 1. The van der Waals surface area contributed by atoms with Crippen molar-refractivity contribution in [3.8, 4) is 18.1 Å². The first-order valence-corrected chi connectivity index (χ1v) is 4.80. The average molecular weight is 208 g/mol. The molecule has 0 saturated heterocycles. The lowest BCUT2D eigenvalue weighted by Crippen LogP contribution is -2.32. The van der Waals surface area contributed by atoms with E-state index in [4.69, 9.17) is 22.8 Å². The van der Waals surface area contributed by atoms with Gasteiger partial charge in [-0.2, -0.15) is 0 Å². The smallest absolute Gasteiger partial charge is 0.142 e. The Morgan fingerprint density at radius 3 is 3.21 bits per heavy atom. The van der Waals surface area contributed by atoms with Gasteiger partial charge >= 0.3 is 0 Å². The normalized spacial score (nSPS) is 14.1. The van der Waals surface area contributed by atoms with Crippen LogP contribution in [0, 0.1) is 12.3 Å². The summed E-state index contributed by atoms with van der Waals surface area (Å²) in [6, 6.07) is 5.58. The van der Waals surface area contributed by atoms with Crippen LogP contribution in [0.2, 0.25) is 5.02 Å². The molecule has 0 radical (unpaired) electrons. The maximum atomic E-state index is 5.91. The fourth-order valence-electron chi connectivity index (χ4n) is 1.52. The van der Waals surface area contributed by atoms with Crippen molar-refractivity contribution in [3.63, 3.8) is 0 Å². The summed E-state index contributed by atoms with van der Waals surface area (Å²) in [6.07, 6.45) is 5.29. The van der Waals surface area contributed by atoms with Gasteiger partial charge in [-0.1, -0.05) is 17.5 Å². The number of benzene rings is 1. The van der Waals surface area contributed by atoms with Crippen LogP contribution in [0.1, 0.15) is 0 Å². The molecule has 0 saturated carbocycles. The average Bonchev–Trinajstić information content (AvgIpc) is 2.19. The van der Waals surface area contributed by atoms with E-state index in [1.54, 1.807) is 0 Å². The zero-order valence-electron chi connectivity index (χ0n) is 7.66. The van der Waals surface area contributed by atoms with Crippen molar-refractivity contribution < 1.29 is 4.74 Å². The number of terminal acetylenes is 1. The predicted molar refractivity (Wildman–Crippen MR) is 58.0 cm³/mol. The number of nitrogens with zero attached hydrogens (tertiary/aromatic N) is 1. The molecule has 0 bridgehead atoms. The predicted octanol–water partition coefficient (Wildman–Crippen LogP) is 2.17. The van der Waals surface area contributed by atoms with Crippen molar-refractivity contribution in [2.24, 2.45) is 0 Å². The van der Waals surface area contributed by atoms with Crippen LogP contribution in [-0.4, -0.2) is 19.7 Å². The Labute approximate surface area is 88.4 Å². The molecule has 1 aliphatic heterocycles. The van der Waals surface area contributed by atoms with E-state index in [0.29, 0.717) is 18.2 Å². The maximum Gasteiger partial charge on any atom is 0.142 e. The minimum Gasteiger partial charge on any atom is -0.490 e. The van der Waals surface area contributed by atoms with Crippen LogP contribution in [0.4, 0.5) is 5.69 Å². The van der Waals surface area contributed by atoms with E-state index in [-0.39, 0.29) is 0 Å². The van der Waals surface area contributed by atoms with Crippen LogP contribution in [0.3, 0.4) is 0 Å². The van der Waals surface area contributed by atoms with E-state index in [1.807, 2.05) is 18.2 Å². The summed E-state index contributed by atoms with van der Waals surface area (Å²) in [4.78, 5) is 2.09. The van der Waals surface area contributed by atoms with Gasteiger partial charge in [0.05, 0.1) is 18.8 Å². The standard InChI is InChI=1S/C11H10ClNO/c1-2-5-13-6-7-14-11-4-3-9(12)8-10(11)13/h1,3-4,8H,5-7H2. The minimum absolute atomic E-state index is 0.594. The van der Waals surface area contributed by atoms with Crippen molar-refractivity contribution in [2.75, 3.05) is 24.6 Å². The molecular weight excluding hydrogens is 198 g/mol. The first-order chi connectivity index (χ1) is 6.81. The number of hydrogen-bond acceptors (Lipinski definition) is 2. The Morgan fingerprint density at radius 2 is 2.43 bits per heavy atom. The monoisotopic (exact) mass is 207 g/mol. The first kappa shape index (κ1) is 9.23. The molecule has 1 aromatic carbocycles. The Morgan fingerprint density at radius 1 is 1.57 bits per heavy atom. The summed E-state index contributed by atoms with van der Waals surface area (Å²) in [7, 11) is 0. The number of rotatable bonds is 1. The largest absolute Gasteiger partial charge is 0.490 e. The zero-order valence-corrected chi connectivity index (χ0v) is 8.42. The first-order valence-electron chi connectivity index (χ1n) is 4.42. The van der Waals surface area contributed by atoms with Gasteiger partial charge in [-0.25, -0.2) is 0 Å². The van der Waals surface area contributed by atoms with Crippen molar-refractivity contribution in [1.29, 1.82) is 0 Å². The molecule has 0 aromatic heterocycles. The molecule has 2 nitrogen and oxygen atoms in total. The highest BCUT2D eigenvalue weighted by molar-refractivity contribution is 6.30. The molecule has 0 aliphatic carbocycles. The van der Waals surface area contributed by atoms with E-state index < -0.39 is 0 Å². The molecule has 3 heteroatoms. The number of hydrogen-bond donors (Lipinski definition) is 0. The zero-order chi connectivity index (χ0) is 9.97. The van der Waals surface area contributed by atoms with Gasteiger partial charge in [0.2, 0.25) is 0 Å². The lowest BCUT2D eigenvalue weighted by molar-refractivity contribution is 0.310. The topological polar surface area (TPSA) is 12.5 Å². The SMILES string of the molecule is C#CCN1CCOc2ccc(Cl)cc21. The van der Waals surface area contributed by atoms with Crippen LogP contribution in [0.5, 0.6) is 5.75 Å². The highest BCUT2D eigenvalue weighted by Gasteiger charge is 2.16. The van der Waals surface area contributed by atoms with Crippen LogP contribution in [0.25, 0.3) is 0 Å². The van der Waals surface area contributed by atoms with E-state index in [2.05, 4.69) is 10.8 Å². The molecule has 0 atom stereocenters. The minimum atomic E-state index is 0.594. The third kappa shape index (κ3) is 1.64. The van der Waals surface area contributed by atoms with Crippen LogP contribution in [-0.2, 0) is 0 Å². The molecule has 0 spiro atoms. The van der Waals surface area contributed by atoms with Gasteiger partial charge in [0.1, 0.15) is 12.4 Å². The van der Waals surface area contributed by atoms with Crippen molar-refractivity contribution in [2.45, 2.75) is 0 Å².